The molecular weight excluding hydrogens is 264 g/mol. The first-order chi connectivity index (χ1) is 10.2. The number of para-hydroxylation sites is 1. The number of likely N-dealkylation sites (N-methyl/N-ethyl adjacent to an activating group) is 1. The molecule has 1 N–H and O–H groups in total. The van der Waals surface area contributed by atoms with E-state index in [9.17, 15) is 5.11 Å². The Morgan fingerprint density at radius 2 is 2.14 bits per heavy atom. The number of likely N-dealkylation sites (tertiary alicyclic amines) is 1. The fourth-order valence-electron chi connectivity index (χ4n) is 2.86. The molecule has 4 nitrogen and oxygen atoms in total. The van der Waals surface area contributed by atoms with Crippen molar-refractivity contribution in [2.75, 3.05) is 40.9 Å². The molecule has 0 radical (unpaired) electrons. The second kappa shape index (κ2) is 7.59. The molecule has 1 aliphatic heterocycles. The zero-order valence-electron chi connectivity index (χ0n) is 13.2. The minimum absolute atomic E-state index is 0.229. The molecular formula is C17H26N2O2. The third kappa shape index (κ3) is 4.06. The van der Waals surface area contributed by atoms with Gasteiger partial charge in [-0.2, -0.15) is 0 Å². The van der Waals surface area contributed by atoms with Crippen LogP contribution in [0.4, 0.5) is 0 Å². The molecule has 2 atom stereocenters. The van der Waals surface area contributed by atoms with Gasteiger partial charge in [-0.1, -0.05) is 30.4 Å². The lowest BCUT2D eigenvalue weighted by atomic mass is 10.1. The summed E-state index contributed by atoms with van der Waals surface area (Å²) in [6.07, 6.45) is 5.28. The first-order valence-electron chi connectivity index (χ1n) is 7.46. The fourth-order valence-corrected chi connectivity index (χ4v) is 2.86. The SMILES string of the molecule is COc1ccccc1C=CCN1C[C@H](N(C)C)C[C@H]1CO. The van der Waals surface area contributed by atoms with Crippen LogP contribution in [0.2, 0.25) is 0 Å². The molecule has 1 aliphatic rings. The van der Waals surface area contributed by atoms with Crippen molar-refractivity contribution in [3.05, 3.63) is 35.9 Å². The molecule has 0 aromatic heterocycles. The van der Waals surface area contributed by atoms with E-state index in [0.717, 1.165) is 30.8 Å². The smallest absolute Gasteiger partial charge is 0.126 e. The van der Waals surface area contributed by atoms with Crippen LogP contribution in [-0.2, 0) is 0 Å². The van der Waals surface area contributed by atoms with Gasteiger partial charge >= 0.3 is 0 Å². The molecule has 21 heavy (non-hydrogen) atoms. The number of rotatable bonds is 6. The van der Waals surface area contributed by atoms with Crippen LogP contribution in [0.1, 0.15) is 12.0 Å². The topological polar surface area (TPSA) is 35.9 Å². The zero-order chi connectivity index (χ0) is 15.2. The second-order valence-electron chi connectivity index (χ2n) is 5.79. The minimum atomic E-state index is 0.229. The van der Waals surface area contributed by atoms with Crippen LogP contribution in [0, 0.1) is 0 Å². The maximum atomic E-state index is 9.53. The summed E-state index contributed by atoms with van der Waals surface area (Å²) in [6, 6.07) is 8.79. The number of aliphatic hydroxyl groups excluding tert-OH is 1. The normalized spacial score (nSPS) is 23.3. The molecule has 1 heterocycles. The van der Waals surface area contributed by atoms with Gasteiger partial charge in [0.15, 0.2) is 0 Å². The Labute approximate surface area is 127 Å². The summed E-state index contributed by atoms with van der Waals surface area (Å²) >= 11 is 0. The van der Waals surface area contributed by atoms with Crippen LogP contribution in [0.5, 0.6) is 5.75 Å². The lowest BCUT2D eigenvalue weighted by molar-refractivity contribution is 0.170. The first-order valence-corrected chi connectivity index (χ1v) is 7.46. The van der Waals surface area contributed by atoms with E-state index in [0.29, 0.717) is 6.04 Å². The van der Waals surface area contributed by atoms with Gasteiger partial charge in [0.1, 0.15) is 5.75 Å². The van der Waals surface area contributed by atoms with Crippen LogP contribution in [0.25, 0.3) is 6.08 Å². The summed E-state index contributed by atoms with van der Waals surface area (Å²) < 4.78 is 5.35. The molecule has 116 valence electrons. The predicted molar refractivity (Wildman–Crippen MR) is 86.6 cm³/mol. The average molecular weight is 290 g/mol. The van der Waals surface area contributed by atoms with E-state index in [4.69, 9.17) is 4.74 Å². The van der Waals surface area contributed by atoms with Crippen molar-refractivity contribution < 1.29 is 9.84 Å². The molecule has 1 aromatic rings. The van der Waals surface area contributed by atoms with Crippen molar-refractivity contribution in [2.24, 2.45) is 0 Å². The predicted octanol–water partition coefficient (Wildman–Crippen LogP) is 1.71. The molecule has 0 unspecified atom stereocenters. The highest BCUT2D eigenvalue weighted by atomic mass is 16.5. The number of aliphatic hydroxyl groups is 1. The average Bonchev–Trinajstić information content (AvgIpc) is 2.91. The number of hydrogen-bond donors (Lipinski definition) is 1. The van der Waals surface area contributed by atoms with Crippen molar-refractivity contribution in [1.82, 2.24) is 9.80 Å². The largest absolute Gasteiger partial charge is 0.496 e. The third-order valence-corrected chi connectivity index (χ3v) is 4.22. The number of nitrogens with zero attached hydrogens (tertiary/aromatic N) is 2. The molecule has 1 aromatic carbocycles. The Morgan fingerprint density at radius 3 is 2.81 bits per heavy atom. The van der Waals surface area contributed by atoms with Gasteiger partial charge in [0.05, 0.1) is 13.7 Å². The summed E-state index contributed by atoms with van der Waals surface area (Å²) in [4.78, 5) is 4.59. The molecule has 2 rings (SSSR count). The quantitative estimate of drug-likeness (QED) is 0.865. The number of benzene rings is 1. The van der Waals surface area contributed by atoms with Crippen LogP contribution >= 0.6 is 0 Å². The van der Waals surface area contributed by atoms with Crippen molar-refractivity contribution in [2.45, 2.75) is 18.5 Å². The maximum absolute atomic E-state index is 9.53. The van der Waals surface area contributed by atoms with Crippen LogP contribution < -0.4 is 4.74 Å². The number of ether oxygens (including phenoxy) is 1. The molecule has 0 saturated carbocycles. The van der Waals surface area contributed by atoms with E-state index < -0.39 is 0 Å². The molecule has 4 heteroatoms. The molecule has 1 saturated heterocycles. The Hall–Kier alpha value is -1.36. The van der Waals surface area contributed by atoms with Crippen LogP contribution in [0.15, 0.2) is 30.3 Å². The highest BCUT2D eigenvalue weighted by molar-refractivity contribution is 5.57. The second-order valence-corrected chi connectivity index (χ2v) is 5.79. The Bertz CT molecular complexity index is 474. The van der Waals surface area contributed by atoms with Gasteiger partial charge < -0.3 is 14.7 Å². The van der Waals surface area contributed by atoms with E-state index in [1.165, 1.54) is 0 Å². The van der Waals surface area contributed by atoms with E-state index >= 15 is 0 Å². The van der Waals surface area contributed by atoms with Gasteiger partial charge in [0.25, 0.3) is 0 Å². The first kappa shape index (κ1) is 16.0. The van der Waals surface area contributed by atoms with E-state index in [1.807, 2.05) is 24.3 Å². The van der Waals surface area contributed by atoms with Crippen molar-refractivity contribution in [3.8, 4) is 5.75 Å². The molecule has 0 aliphatic carbocycles. The summed E-state index contributed by atoms with van der Waals surface area (Å²) in [5, 5.41) is 9.53. The van der Waals surface area contributed by atoms with Gasteiger partial charge in [-0.05, 0) is 26.6 Å². The highest BCUT2D eigenvalue weighted by Gasteiger charge is 2.31. The van der Waals surface area contributed by atoms with Gasteiger partial charge in [-0.15, -0.1) is 0 Å². The molecule has 0 bridgehead atoms. The van der Waals surface area contributed by atoms with E-state index in [-0.39, 0.29) is 12.6 Å². The monoisotopic (exact) mass is 290 g/mol. The van der Waals surface area contributed by atoms with Crippen LogP contribution in [-0.4, -0.2) is 67.9 Å². The molecule has 0 spiro atoms. The van der Waals surface area contributed by atoms with E-state index in [2.05, 4.69) is 36.0 Å². The van der Waals surface area contributed by atoms with Crippen molar-refractivity contribution >= 4 is 6.08 Å². The van der Waals surface area contributed by atoms with Gasteiger partial charge in [0.2, 0.25) is 0 Å². The van der Waals surface area contributed by atoms with E-state index in [1.54, 1.807) is 7.11 Å². The Kier molecular flexibility index (Phi) is 5.79. The van der Waals surface area contributed by atoms with Gasteiger partial charge in [0, 0.05) is 30.7 Å². The number of hydrogen-bond acceptors (Lipinski definition) is 4. The van der Waals surface area contributed by atoms with Gasteiger partial charge in [-0.3, -0.25) is 4.90 Å². The fraction of sp³-hybridized carbons (Fsp3) is 0.529. The van der Waals surface area contributed by atoms with Crippen molar-refractivity contribution in [3.63, 3.8) is 0 Å². The summed E-state index contributed by atoms with van der Waals surface area (Å²) in [6.45, 7) is 2.09. The Morgan fingerprint density at radius 1 is 1.38 bits per heavy atom. The number of methoxy groups -OCH3 is 1. The molecule has 0 amide bonds. The standard InChI is InChI=1S/C17H26N2O2/c1-18(2)15-11-16(13-20)19(12-15)10-6-8-14-7-4-5-9-17(14)21-3/h4-9,15-16,20H,10-13H2,1-3H3/t15-,16+/m1/s1. The summed E-state index contributed by atoms with van der Waals surface area (Å²) in [5.74, 6) is 0.889. The zero-order valence-corrected chi connectivity index (χ0v) is 13.2. The summed E-state index contributed by atoms with van der Waals surface area (Å²) in [7, 11) is 5.90. The Balaban J connectivity index is 1.97. The maximum Gasteiger partial charge on any atom is 0.126 e. The minimum Gasteiger partial charge on any atom is -0.496 e. The molecule has 1 fully saturated rings. The van der Waals surface area contributed by atoms with Crippen molar-refractivity contribution in [1.29, 1.82) is 0 Å². The third-order valence-electron chi connectivity index (χ3n) is 4.22. The summed E-state index contributed by atoms with van der Waals surface area (Å²) in [5.41, 5.74) is 1.09. The van der Waals surface area contributed by atoms with Crippen LogP contribution in [0.3, 0.4) is 0 Å². The van der Waals surface area contributed by atoms with Gasteiger partial charge in [-0.25, -0.2) is 0 Å². The highest BCUT2D eigenvalue weighted by Crippen LogP contribution is 2.22. The lowest BCUT2D eigenvalue weighted by Crippen LogP contribution is -2.34. The lowest BCUT2D eigenvalue weighted by Gasteiger charge is -2.21.